The zero-order valence-corrected chi connectivity index (χ0v) is 7.93. The van der Waals surface area contributed by atoms with Gasteiger partial charge in [-0.25, -0.2) is 0 Å². The predicted octanol–water partition coefficient (Wildman–Crippen LogP) is -2.37. The summed E-state index contributed by atoms with van der Waals surface area (Å²) in [6.45, 7) is 0. The van der Waals surface area contributed by atoms with Crippen molar-refractivity contribution in [3.8, 4) is 0 Å². The van der Waals surface area contributed by atoms with Crippen molar-refractivity contribution in [2.75, 3.05) is 0 Å². The van der Waals surface area contributed by atoms with Gasteiger partial charge in [0.05, 0.1) is 15.3 Å². The van der Waals surface area contributed by atoms with E-state index in [0.29, 0.717) is 0 Å². The Bertz CT molecular complexity index is 113. The van der Waals surface area contributed by atoms with E-state index >= 15 is 0 Å². The average molecular weight is 397 g/mol. The van der Waals surface area contributed by atoms with E-state index in [4.69, 9.17) is 46.0 Å². The summed E-state index contributed by atoms with van der Waals surface area (Å²) in [6, 6.07) is 0. The number of nitrogens with zero attached hydrogens (tertiary/aromatic N) is 3. The Morgan fingerprint density at radius 1 is 0.533 bits per heavy atom. The molecule has 0 rings (SSSR count). The largest absolute Gasteiger partial charge is 3.00 e. The van der Waals surface area contributed by atoms with Gasteiger partial charge in [-0.3, -0.25) is 0 Å². The van der Waals surface area contributed by atoms with E-state index in [2.05, 4.69) is 0 Å². The first kappa shape index (κ1) is 37.2. The molecule has 0 bridgehead atoms. The van der Waals surface area contributed by atoms with E-state index < -0.39 is 15.3 Å². The van der Waals surface area contributed by atoms with Gasteiger partial charge in [0.15, 0.2) is 0 Å². The summed E-state index contributed by atoms with van der Waals surface area (Å²) in [5.41, 5.74) is 0. The van der Waals surface area contributed by atoms with E-state index in [1.54, 1.807) is 0 Å². The monoisotopic (exact) mass is 397 g/mol. The van der Waals surface area contributed by atoms with Crippen molar-refractivity contribution < 1.29 is 63.1 Å². The van der Waals surface area contributed by atoms with E-state index in [9.17, 15) is 0 Å². The summed E-state index contributed by atoms with van der Waals surface area (Å²) in [5, 5.41) is 44.2. The zero-order chi connectivity index (χ0) is 10.7. The molecule has 15 heavy (non-hydrogen) atoms. The van der Waals surface area contributed by atoms with Gasteiger partial charge in [-0.05, 0) is 0 Å². The van der Waals surface area contributed by atoms with Crippen molar-refractivity contribution >= 4 is 0 Å². The van der Waals surface area contributed by atoms with Gasteiger partial charge in [-0.1, -0.05) is 0 Å². The van der Waals surface area contributed by atoms with Crippen molar-refractivity contribution in [3.63, 3.8) is 0 Å². The maximum atomic E-state index is 8.25. The van der Waals surface area contributed by atoms with Crippen LogP contribution in [0.2, 0.25) is 0 Å². The molecule has 0 aliphatic rings. The Hall–Kier alpha value is -1.25. The summed E-state index contributed by atoms with van der Waals surface area (Å²) < 4.78 is 0. The first-order valence-corrected chi connectivity index (χ1v) is 1.64. The minimum Gasteiger partial charge on any atom is -0.412 e. The third kappa shape index (κ3) is 950. The molecule has 100 valence electrons. The van der Waals surface area contributed by atoms with Crippen LogP contribution in [0.5, 0.6) is 0 Å². The number of hydrogen-bond acceptors (Lipinski definition) is 9. The Morgan fingerprint density at radius 3 is 0.533 bits per heavy atom. The van der Waals surface area contributed by atoms with E-state index in [1.807, 2.05) is 0 Å². The van der Waals surface area contributed by atoms with Crippen LogP contribution >= 0.6 is 0 Å². The van der Waals surface area contributed by atoms with Crippen LogP contribution in [-0.2, 0) is 0 Å². The van der Waals surface area contributed by atoms with Gasteiger partial charge in [0.1, 0.15) is 0 Å². The topological polar surface area (TPSA) is 262 Å². The van der Waals surface area contributed by atoms with Crippen LogP contribution in [0.25, 0.3) is 0 Å². The quantitative estimate of drug-likeness (QED) is 0.312. The molecule has 0 saturated heterocycles. The summed E-state index contributed by atoms with van der Waals surface area (Å²) >= 11 is 0. The molecule has 0 saturated carbocycles. The molecule has 0 fully saturated rings. The van der Waals surface area contributed by atoms with E-state index in [-0.39, 0.29) is 47.8 Å². The molecule has 14 nitrogen and oxygen atoms in total. The van der Waals surface area contributed by atoms with Crippen LogP contribution in [0.15, 0.2) is 0 Å². The maximum Gasteiger partial charge on any atom is 3.00 e. The molecule has 0 aliphatic carbocycles. The van der Waals surface area contributed by atoms with Crippen molar-refractivity contribution in [1.82, 2.24) is 0 Å². The molecule has 0 amide bonds. The zero-order valence-electron chi connectivity index (χ0n) is 6.27. The molecule has 0 unspecified atom stereocenters. The van der Waals surface area contributed by atoms with Crippen LogP contribution in [0.4, 0.5) is 0 Å². The minimum atomic E-state index is -1.75. The molecule has 4 N–H and O–H groups in total. The van der Waals surface area contributed by atoms with Crippen LogP contribution in [0, 0.1) is 82.8 Å². The molecule has 0 heterocycles. The van der Waals surface area contributed by atoms with Gasteiger partial charge < -0.3 is 56.9 Å². The third-order valence-corrected chi connectivity index (χ3v) is 0. The summed E-state index contributed by atoms with van der Waals surface area (Å²) in [4.78, 5) is 24.8. The van der Waals surface area contributed by atoms with Crippen molar-refractivity contribution in [2.24, 2.45) is 0 Å². The first-order valence-electron chi connectivity index (χ1n) is 1.64. The second kappa shape index (κ2) is 29.3. The molecular formula is H4LuN3O11. The predicted molar refractivity (Wildman–Crippen MR) is 38.3 cm³/mol. The van der Waals surface area contributed by atoms with Gasteiger partial charge in [0.25, 0.3) is 0 Å². The molecule has 0 aromatic carbocycles. The van der Waals surface area contributed by atoms with Crippen molar-refractivity contribution in [1.29, 1.82) is 0 Å². The van der Waals surface area contributed by atoms with Crippen LogP contribution < -0.4 is 0 Å². The molecule has 0 spiro atoms. The van der Waals surface area contributed by atoms with Gasteiger partial charge >= 0.3 is 36.9 Å². The number of hydrogen-bond donors (Lipinski definition) is 0. The van der Waals surface area contributed by atoms with Crippen LogP contribution in [-0.4, -0.2) is 26.2 Å². The van der Waals surface area contributed by atoms with Gasteiger partial charge in [-0.2, -0.15) is 0 Å². The summed E-state index contributed by atoms with van der Waals surface area (Å²) in [7, 11) is 0. The molecule has 0 atom stereocenters. The summed E-state index contributed by atoms with van der Waals surface area (Å²) in [5.74, 6) is 0. The van der Waals surface area contributed by atoms with Crippen LogP contribution in [0.1, 0.15) is 0 Å². The maximum absolute atomic E-state index is 8.25. The second-order valence-corrected chi connectivity index (χ2v) is 0.671. The molecule has 0 aliphatic heterocycles. The Kier molecular flexibility index (Phi) is 72.7. The molecule has 0 aromatic rings. The SMILES string of the molecule is O.O.O=[N+]([O-])[O-].O=[N+]([O-])[O-].O=[N+]([O-])[O-].[Lu+3]. The standard InChI is InChI=1S/Lu.3NO3.2H2O/c;3*2-1(3)4;;/h;;;;2*1H2/q+3;3*-1;;. The fraction of sp³-hybridized carbons (Fsp3) is 0. The average Bonchev–Trinajstić information content (AvgIpc) is 1.54. The van der Waals surface area contributed by atoms with Gasteiger partial charge in [0.2, 0.25) is 0 Å². The molecular weight excluding hydrogens is 393 g/mol. The summed E-state index contributed by atoms with van der Waals surface area (Å²) in [6.07, 6.45) is 0. The minimum absolute atomic E-state index is 0. The smallest absolute Gasteiger partial charge is 0.412 e. The fourth-order valence-electron chi connectivity index (χ4n) is 0. The third-order valence-electron chi connectivity index (χ3n) is 0. The van der Waals surface area contributed by atoms with Crippen molar-refractivity contribution in [3.05, 3.63) is 46.0 Å². The van der Waals surface area contributed by atoms with Gasteiger partial charge in [-0.15, -0.1) is 0 Å². The van der Waals surface area contributed by atoms with Gasteiger partial charge in [0, 0.05) is 0 Å². The Morgan fingerprint density at radius 2 is 0.533 bits per heavy atom. The number of rotatable bonds is 0. The first-order chi connectivity index (χ1) is 5.20. The van der Waals surface area contributed by atoms with E-state index in [1.165, 1.54) is 0 Å². The molecule has 15 heteroatoms. The Balaban J connectivity index is -0.0000000184. The normalized spacial score (nSPS) is 4.80. The van der Waals surface area contributed by atoms with E-state index in [0.717, 1.165) is 0 Å². The molecule has 0 radical (unpaired) electrons. The molecule has 0 aromatic heterocycles. The fourth-order valence-corrected chi connectivity index (χ4v) is 0. The van der Waals surface area contributed by atoms with Crippen molar-refractivity contribution in [2.45, 2.75) is 0 Å². The Labute approximate surface area is 109 Å². The second-order valence-electron chi connectivity index (χ2n) is 0.671. The van der Waals surface area contributed by atoms with Crippen LogP contribution in [0.3, 0.4) is 0 Å².